The van der Waals surface area contributed by atoms with Crippen molar-refractivity contribution in [1.29, 1.82) is 0 Å². The number of phosphoric acid groups is 2. The van der Waals surface area contributed by atoms with Crippen LogP contribution in [-0.2, 0) is 65.4 Å². The Labute approximate surface area is 573 Å². The van der Waals surface area contributed by atoms with Gasteiger partial charge in [0.05, 0.1) is 26.4 Å². The van der Waals surface area contributed by atoms with Gasteiger partial charge in [-0.15, -0.1) is 0 Å². The maximum atomic E-state index is 13.1. The lowest BCUT2D eigenvalue weighted by molar-refractivity contribution is -0.161. The molecule has 0 saturated heterocycles. The highest BCUT2D eigenvalue weighted by atomic mass is 31.2. The summed E-state index contributed by atoms with van der Waals surface area (Å²) in [6, 6.07) is 0. The largest absolute Gasteiger partial charge is 0.472 e. The molecule has 5 atom stereocenters. The molecule has 0 fully saturated rings. The average molecular weight is 1380 g/mol. The van der Waals surface area contributed by atoms with E-state index in [1.54, 1.807) is 0 Å². The number of phosphoric ester groups is 2. The van der Waals surface area contributed by atoms with Gasteiger partial charge < -0.3 is 33.8 Å². The van der Waals surface area contributed by atoms with Gasteiger partial charge in [-0.25, -0.2) is 9.13 Å². The quantitative estimate of drug-likeness (QED) is 0.0169. The number of aliphatic hydroxyl groups is 1. The van der Waals surface area contributed by atoms with Gasteiger partial charge in [-0.05, 0) is 69.1 Å². The van der Waals surface area contributed by atoms with E-state index in [9.17, 15) is 43.2 Å². The van der Waals surface area contributed by atoms with Gasteiger partial charge in [0.15, 0.2) is 12.2 Å². The first-order valence-corrected chi connectivity index (χ1v) is 41.2. The van der Waals surface area contributed by atoms with Crippen molar-refractivity contribution in [2.45, 2.75) is 375 Å². The standard InChI is InChI=1S/C75H142O17P2/c1-8-9-10-11-12-13-14-15-16-19-24-29-34-42-49-56-72(77)85-62-70(91-74(79)58-51-44-35-30-25-20-17-18-22-27-32-39-46-53-66(2)3)64-89-93(81,82)87-60-69(76)61-88-94(83,84)90-65-71(63-86-73(78)57-50-43-38-37-41-48-55-68(6)7)92-75(80)59-52-45-36-31-26-21-23-28-33-40-47-54-67(4)5/h13-16,66-71,76H,8-12,17-65H2,1-7H3,(H,81,82)(H,83,84)/b14-13-,16-15-/t69-,70-,71-/m1/s1. The molecular weight excluding hydrogens is 1230 g/mol. The summed E-state index contributed by atoms with van der Waals surface area (Å²) in [5.74, 6) is 0.0743. The molecule has 0 heterocycles. The number of carbonyl (C=O) groups is 4. The molecule has 0 radical (unpaired) electrons. The zero-order chi connectivity index (χ0) is 69.4. The van der Waals surface area contributed by atoms with Crippen molar-refractivity contribution in [3.05, 3.63) is 24.3 Å². The number of allylic oxidation sites excluding steroid dienone is 4. The molecule has 94 heavy (non-hydrogen) atoms. The van der Waals surface area contributed by atoms with E-state index in [1.165, 1.54) is 141 Å². The zero-order valence-corrected chi connectivity index (χ0v) is 62.7. The third kappa shape index (κ3) is 68.1. The molecule has 0 amide bonds. The Morgan fingerprint density at radius 1 is 0.330 bits per heavy atom. The van der Waals surface area contributed by atoms with Crippen LogP contribution in [0.2, 0.25) is 0 Å². The summed E-state index contributed by atoms with van der Waals surface area (Å²) in [5, 5.41) is 10.6. The molecule has 3 N–H and O–H groups in total. The predicted octanol–water partition coefficient (Wildman–Crippen LogP) is 21.3. The van der Waals surface area contributed by atoms with E-state index in [0.29, 0.717) is 31.6 Å². The number of carbonyl (C=O) groups excluding carboxylic acids is 4. The van der Waals surface area contributed by atoms with Crippen molar-refractivity contribution < 1.29 is 80.2 Å². The number of hydrogen-bond acceptors (Lipinski definition) is 15. The van der Waals surface area contributed by atoms with Crippen LogP contribution in [0.1, 0.15) is 357 Å². The third-order valence-electron chi connectivity index (χ3n) is 16.8. The second kappa shape index (κ2) is 65.2. The number of ether oxygens (including phenoxy) is 4. The van der Waals surface area contributed by atoms with Crippen LogP contribution in [0.25, 0.3) is 0 Å². The van der Waals surface area contributed by atoms with Gasteiger partial charge in [0, 0.05) is 25.7 Å². The van der Waals surface area contributed by atoms with E-state index >= 15 is 0 Å². The molecular formula is C75H142O17P2. The summed E-state index contributed by atoms with van der Waals surface area (Å²) in [7, 11) is -9.92. The van der Waals surface area contributed by atoms with Crippen molar-refractivity contribution in [1.82, 2.24) is 0 Å². The van der Waals surface area contributed by atoms with Crippen molar-refractivity contribution in [2.24, 2.45) is 17.8 Å². The van der Waals surface area contributed by atoms with Crippen molar-refractivity contribution in [3.8, 4) is 0 Å². The number of esters is 4. The zero-order valence-electron chi connectivity index (χ0n) is 60.9. The van der Waals surface area contributed by atoms with Crippen LogP contribution in [0.5, 0.6) is 0 Å². The highest BCUT2D eigenvalue weighted by Crippen LogP contribution is 2.45. The fourth-order valence-corrected chi connectivity index (χ4v) is 12.5. The number of hydrogen-bond donors (Lipinski definition) is 3. The van der Waals surface area contributed by atoms with Crippen LogP contribution in [0, 0.1) is 17.8 Å². The number of aliphatic hydroxyl groups excluding tert-OH is 1. The first-order valence-electron chi connectivity index (χ1n) is 38.2. The van der Waals surface area contributed by atoms with E-state index < -0.39 is 97.5 Å². The Morgan fingerprint density at radius 2 is 0.574 bits per heavy atom. The maximum absolute atomic E-state index is 13.1. The van der Waals surface area contributed by atoms with Crippen molar-refractivity contribution >= 4 is 39.5 Å². The van der Waals surface area contributed by atoms with E-state index in [4.69, 9.17) is 37.0 Å². The number of rotatable bonds is 71. The summed E-state index contributed by atoms with van der Waals surface area (Å²) < 4.78 is 68.4. The van der Waals surface area contributed by atoms with Gasteiger partial charge in [-0.2, -0.15) is 0 Å². The molecule has 17 nitrogen and oxygen atoms in total. The Morgan fingerprint density at radius 3 is 0.862 bits per heavy atom. The van der Waals surface area contributed by atoms with Gasteiger partial charge >= 0.3 is 39.5 Å². The first-order chi connectivity index (χ1) is 45.2. The summed E-state index contributed by atoms with van der Waals surface area (Å²) in [6.07, 6.45) is 53.6. The molecule has 0 saturated carbocycles. The minimum atomic E-state index is -4.96. The first kappa shape index (κ1) is 91.5. The van der Waals surface area contributed by atoms with Crippen LogP contribution in [-0.4, -0.2) is 96.7 Å². The Bertz CT molecular complexity index is 1930. The van der Waals surface area contributed by atoms with Crippen LogP contribution in [0.15, 0.2) is 24.3 Å². The summed E-state index contributed by atoms with van der Waals surface area (Å²) in [5.41, 5.74) is 0. The lowest BCUT2D eigenvalue weighted by Crippen LogP contribution is -2.30. The third-order valence-corrected chi connectivity index (χ3v) is 18.7. The monoisotopic (exact) mass is 1380 g/mol. The Kier molecular flexibility index (Phi) is 63.5. The van der Waals surface area contributed by atoms with Crippen molar-refractivity contribution in [2.75, 3.05) is 39.6 Å². The summed E-state index contributed by atoms with van der Waals surface area (Å²) in [6.45, 7) is 11.8. The second-order valence-corrected chi connectivity index (χ2v) is 30.7. The smallest absolute Gasteiger partial charge is 0.462 e. The molecule has 0 aromatic rings. The average Bonchev–Trinajstić information content (AvgIpc) is 1.57. The molecule has 0 aromatic heterocycles. The molecule has 0 rings (SSSR count). The van der Waals surface area contributed by atoms with Crippen LogP contribution >= 0.6 is 15.6 Å². The van der Waals surface area contributed by atoms with Crippen LogP contribution in [0.3, 0.4) is 0 Å². The van der Waals surface area contributed by atoms with Crippen LogP contribution < -0.4 is 0 Å². The molecule has 0 aliphatic heterocycles. The van der Waals surface area contributed by atoms with Gasteiger partial charge in [0.25, 0.3) is 0 Å². The Balaban J connectivity index is 5.28. The minimum absolute atomic E-state index is 0.0998. The van der Waals surface area contributed by atoms with Crippen molar-refractivity contribution in [3.63, 3.8) is 0 Å². The molecule has 554 valence electrons. The molecule has 0 bridgehead atoms. The number of unbranched alkanes of at least 4 members (excludes halogenated alkanes) is 36. The molecule has 0 aliphatic carbocycles. The van der Waals surface area contributed by atoms with Gasteiger partial charge in [0.2, 0.25) is 0 Å². The highest BCUT2D eigenvalue weighted by molar-refractivity contribution is 7.47. The Hall–Kier alpha value is -2.46. The minimum Gasteiger partial charge on any atom is -0.462 e. The summed E-state index contributed by atoms with van der Waals surface area (Å²) in [4.78, 5) is 72.7. The van der Waals surface area contributed by atoms with E-state index in [-0.39, 0.29) is 25.7 Å². The van der Waals surface area contributed by atoms with Gasteiger partial charge in [0.1, 0.15) is 19.3 Å². The predicted molar refractivity (Wildman–Crippen MR) is 381 cm³/mol. The molecule has 19 heteroatoms. The maximum Gasteiger partial charge on any atom is 0.472 e. The summed E-state index contributed by atoms with van der Waals surface area (Å²) >= 11 is 0. The molecule has 0 aromatic carbocycles. The molecule has 2 unspecified atom stereocenters. The fourth-order valence-electron chi connectivity index (χ4n) is 10.9. The highest BCUT2D eigenvalue weighted by Gasteiger charge is 2.30. The lowest BCUT2D eigenvalue weighted by atomic mass is 10.0. The molecule has 0 spiro atoms. The van der Waals surface area contributed by atoms with E-state index in [0.717, 1.165) is 127 Å². The molecule has 0 aliphatic rings. The lowest BCUT2D eigenvalue weighted by Gasteiger charge is -2.21. The topological polar surface area (TPSA) is 237 Å². The second-order valence-electron chi connectivity index (χ2n) is 27.8. The SMILES string of the molecule is CCCCCC/C=C\C=C/CCCCCCCC(=O)OC[C@H](COP(=O)(O)OC[C@@H](O)COP(=O)(O)OC[C@@H](COC(=O)CCCCCCCCC(C)C)OC(=O)CCCCCCCCCCCCCC(C)C)OC(=O)CCCCCCCCCCCCCCCC(C)C. The normalized spacial score (nSPS) is 14.3. The van der Waals surface area contributed by atoms with Gasteiger partial charge in [-0.3, -0.25) is 37.3 Å². The van der Waals surface area contributed by atoms with Crippen LogP contribution in [0.4, 0.5) is 0 Å². The van der Waals surface area contributed by atoms with E-state index in [1.807, 2.05) is 0 Å². The fraction of sp³-hybridized carbons (Fsp3) is 0.893. The van der Waals surface area contributed by atoms with Gasteiger partial charge in [-0.1, -0.05) is 304 Å². The van der Waals surface area contributed by atoms with E-state index in [2.05, 4.69) is 72.8 Å².